The van der Waals surface area contributed by atoms with Gasteiger partial charge in [-0.2, -0.15) is 0 Å². The van der Waals surface area contributed by atoms with Crippen molar-refractivity contribution in [1.29, 1.82) is 0 Å². The number of hydrogen-bond acceptors (Lipinski definition) is 4. The lowest BCUT2D eigenvalue weighted by Crippen LogP contribution is -2.22. The van der Waals surface area contributed by atoms with Crippen molar-refractivity contribution in [1.82, 2.24) is 0 Å². The molecule has 2 aromatic carbocycles. The second-order valence-electron chi connectivity index (χ2n) is 5.59. The summed E-state index contributed by atoms with van der Waals surface area (Å²) in [5.74, 6) is -0.228. The fourth-order valence-corrected chi connectivity index (χ4v) is 2.49. The molecule has 0 radical (unpaired) electrons. The SMILES string of the molecule is O=C(CCC(CCC(=O)c1ccccc1)[N+](=O)[O-])c1ccccc1. The Balaban J connectivity index is 1.87. The van der Waals surface area contributed by atoms with Gasteiger partial charge in [-0.3, -0.25) is 19.7 Å². The van der Waals surface area contributed by atoms with Crippen LogP contribution in [0.2, 0.25) is 0 Å². The summed E-state index contributed by atoms with van der Waals surface area (Å²) in [6.45, 7) is 0. The third-order valence-electron chi connectivity index (χ3n) is 3.90. The Labute approximate surface area is 140 Å². The van der Waals surface area contributed by atoms with Gasteiger partial charge in [0.2, 0.25) is 6.04 Å². The van der Waals surface area contributed by atoms with Crippen LogP contribution >= 0.6 is 0 Å². The zero-order chi connectivity index (χ0) is 17.4. The van der Waals surface area contributed by atoms with E-state index in [0.717, 1.165) is 0 Å². The normalized spacial score (nSPS) is 10.5. The molecule has 0 atom stereocenters. The molecule has 0 aliphatic rings. The average molecular weight is 325 g/mol. The van der Waals surface area contributed by atoms with Gasteiger partial charge in [0.05, 0.1) is 0 Å². The molecule has 124 valence electrons. The number of nitrogens with zero attached hydrogens (tertiary/aromatic N) is 1. The molecule has 2 rings (SSSR count). The first-order chi connectivity index (χ1) is 11.6. The third kappa shape index (κ3) is 5.12. The fraction of sp³-hybridized carbons (Fsp3) is 0.263. The quantitative estimate of drug-likeness (QED) is 0.397. The van der Waals surface area contributed by atoms with Crippen molar-refractivity contribution >= 4 is 11.6 Å². The topological polar surface area (TPSA) is 77.3 Å². The summed E-state index contributed by atoms with van der Waals surface area (Å²) < 4.78 is 0. The van der Waals surface area contributed by atoms with E-state index in [1.165, 1.54) is 0 Å². The molecule has 0 bridgehead atoms. The number of rotatable bonds is 9. The van der Waals surface area contributed by atoms with Crippen molar-refractivity contribution in [2.75, 3.05) is 0 Å². The second-order valence-corrected chi connectivity index (χ2v) is 5.59. The summed E-state index contributed by atoms with van der Waals surface area (Å²) >= 11 is 0. The molecule has 0 aliphatic carbocycles. The molecule has 0 aromatic heterocycles. The summed E-state index contributed by atoms with van der Waals surface area (Å²) in [6, 6.07) is 16.6. The van der Waals surface area contributed by atoms with E-state index in [0.29, 0.717) is 11.1 Å². The van der Waals surface area contributed by atoms with Crippen LogP contribution in [0, 0.1) is 10.1 Å². The summed E-state index contributed by atoms with van der Waals surface area (Å²) in [5, 5.41) is 11.2. The highest BCUT2D eigenvalue weighted by atomic mass is 16.6. The molecule has 2 aromatic rings. The first-order valence-electron chi connectivity index (χ1n) is 7.88. The molecule has 0 saturated heterocycles. The van der Waals surface area contributed by atoms with Gasteiger partial charge in [0.15, 0.2) is 11.6 Å². The van der Waals surface area contributed by atoms with E-state index >= 15 is 0 Å². The Morgan fingerprint density at radius 3 is 1.50 bits per heavy atom. The summed E-state index contributed by atoms with van der Waals surface area (Å²) in [4.78, 5) is 34.9. The van der Waals surface area contributed by atoms with E-state index in [-0.39, 0.29) is 37.2 Å². The lowest BCUT2D eigenvalue weighted by Gasteiger charge is -2.09. The third-order valence-corrected chi connectivity index (χ3v) is 3.90. The second kappa shape index (κ2) is 8.72. The Kier molecular flexibility index (Phi) is 6.37. The number of hydrogen-bond donors (Lipinski definition) is 0. The van der Waals surface area contributed by atoms with Crippen LogP contribution in [0.3, 0.4) is 0 Å². The summed E-state index contributed by atoms with van der Waals surface area (Å²) in [5.41, 5.74) is 1.11. The molecule has 0 N–H and O–H groups in total. The molecule has 0 heterocycles. The van der Waals surface area contributed by atoms with Gasteiger partial charge in [0, 0.05) is 41.7 Å². The standard InChI is InChI=1S/C19H19NO4/c21-18(15-7-3-1-4-8-15)13-11-17(20(23)24)12-14-19(22)16-9-5-2-6-10-16/h1-10,17H,11-14H2. The van der Waals surface area contributed by atoms with Crippen LogP contribution in [0.15, 0.2) is 60.7 Å². The molecule has 0 fully saturated rings. The van der Waals surface area contributed by atoms with E-state index in [1.54, 1.807) is 48.5 Å². The number of carbonyl (C=O) groups is 2. The number of benzene rings is 2. The van der Waals surface area contributed by atoms with E-state index in [4.69, 9.17) is 0 Å². The molecule has 0 saturated carbocycles. The van der Waals surface area contributed by atoms with E-state index in [2.05, 4.69) is 0 Å². The molecular weight excluding hydrogens is 306 g/mol. The van der Waals surface area contributed by atoms with Gasteiger partial charge >= 0.3 is 0 Å². The van der Waals surface area contributed by atoms with Gasteiger partial charge < -0.3 is 0 Å². The highest BCUT2D eigenvalue weighted by Crippen LogP contribution is 2.14. The maximum absolute atomic E-state index is 12.0. The number of ketones is 2. The first-order valence-corrected chi connectivity index (χ1v) is 7.88. The number of carbonyl (C=O) groups excluding carboxylic acids is 2. The Morgan fingerprint density at radius 2 is 1.17 bits per heavy atom. The number of Topliss-reactive ketones (excluding diaryl/α,β-unsaturated/α-hetero) is 2. The monoisotopic (exact) mass is 325 g/mol. The zero-order valence-corrected chi connectivity index (χ0v) is 13.3. The van der Waals surface area contributed by atoms with Crippen molar-refractivity contribution in [2.24, 2.45) is 0 Å². The van der Waals surface area contributed by atoms with Gasteiger partial charge in [0.1, 0.15) is 0 Å². The van der Waals surface area contributed by atoms with Gasteiger partial charge in [-0.25, -0.2) is 0 Å². The maximum atomic E-state index is 12.0. The van der Waals surface area contributed by atoms with E-state index in [1.807, 2.05) is 12.1 Å². The highest BCUT2D eigenvalue weighted by molar-refractivity contribution is 5.96. The molecule has 5 nitrogen and oxygen atoms in total. The maximum Gasteiger partial charge on any atom is 0.214 e. The van der Waals surface area contributed by atoms with Crippen LogP contribution < -0.4 is 0 Å². The summed E-state index contributed by atoms with van der Waals surface area (Å²) in [7, 11) is 0. The largest absolute Gasteiger partial charge is 0.294 e. The summed E-state index contributed by atoms with van der Waals surface area (Å²) in [6.07, 6.45) is 0.496. The van der Waals surface area contributed by atoms with Crippen LogP contribution in [0.5, 0.6) is 0 Å². The molecule has 24 heavy (non-hydrogen) atoms. The minimum atomic E-state index is -0.884. The van der Waals surface area contributed by atoms with E-state index < -0.39 is 11.0 Å². The molecule has 0 amide bonds. The van der Waals surface area contributed by atoms with Crippen LogP contribution in [0.25, 0.3) is 0 Å². The van der Waals surface area contributed by atoms with Crippen molar-refractivity contribution < 1.29 is 14.5 Å². The van der Waals surface area contributed by atoms with Crippen LogP contribution in [0.1, 0.15) is 46.4 Å². The Bertz CT molecular complexity index is 642. The van der Waals surface area contributed by atoms with Crippen molar-refractivity contribution in [3.05, 3.63) is 81.9 Å². The molecule has 0 unspecified atom stereocenters. The van der Waals surface area contributed by atoms with Gasteiger partial charge in [-0.1, -0.05) is 60.7 Å². The van der Waals surface area contributed by atoms with Crippen molar-refractivity contribution in [2.45, 2.75) is 31.7 Å². The van der Waals surface area contributed by atoms with Gasteiger partial charge in [-0.15, -0.1) is 0 Å². The van der Waals surface area contributed by atoms with Crippen molar-refractivity contribution in [3.63, 3.8) is 0 Å². The first kappa shape index (κ1) is 17.5. The van der Waals surface area contributed by atoms with Crippen LogP contribution in [0.4, 0.5) is 0 Å². The van der Waals surface area contributed by atoms with Crippen LogP contribution in [-0.4, -0.2) is 22.5 Å². The van der Waals surface area contributed by atoms with Crippen LogP contribution in [-0.2, 0) is 0 Å². The smallest absolute Gasteiger partial charge is 0.214 e. The molecular formula is C19H19NO4. The highest BCUT2D eigenvalue weighted by Gasteiger charge is 2.23. The van der Waals surface area contributed by atoms with E-state index in [9.17, 15) is 19.7 Å². The molecule has 5 heteroatoms. The van der Waals surface area contributed by atoms with Crippen molar-refractivity contribution in [3.8, 4) is 0 Å². The minimum Gasteiger partial charge on any atom is -0.294 e. The lowest BCUT2D eigenvalue weighted by molar-refractivity contribution is -0.524. The lowest BCUT2D eigenvalue weighted by atomic mass is 9.98. The number of nitro groups is 1. The molecule has 0 aliphatic heterocycles. The van der Waals surface area contributed by atoms with Gasteiger partial charge in [0.25, 0.3) is 0 Å². The minimum absolute atomic E-state index is 0.106. The predicted octanol–water partition coefficient (Wildman–Crippen LogP) is 3.96. The average Bonchev–Trinajstić information content (AvgIpc) is 2.62. The predicted molar refractivity (Wildman–Crippen MR) is 90.8 cm³/mol. The zero-order valence-electron chi connectivity index (χ0n) is 13.3. The fourth-order valence-electron chi connectivity index (χ4n) is 2.49. The Hall–Kier alpha value is -2.82. The van der Waals surface area contributed by atoms with Gasteiger partial charge in [-0.05, 0) is 0 Å². The molecule has 0 spiro atoms. The Morgan fingerprint density at radius 1 is 0.792 bits per heavy atom.